The van der Waals surface area contributed by atoms with Crippen molar-refractivity contribution in [3.63, 3.8) is 0 Å². The molecule has 25 heavy (non-hydrogen) atoms. The predicted octanol–water partition coefficient (Wildman–Crippen LogP) is 2.99. The van der Waals surface area contributed by atoms with Gasteiger partial charge in [0.1, 0.15) is 5.76 Å². The maximum Gasteiger partial charge on any atom is 0.319 e. The first kappa shape index (κ1) is 17.5. The van der Waals surface area contributed by atoms with Crippen molar-refractivity contribution in [2.24, 2.45) is 11.3 Å². The van der Waals surface area contributed by atoms with E-state index in [-0.39, 0.29) is 24.1 Å². The van der Waals surface area contributed by atoms with Crippen molar-refractivity contribution in [1.29, 1.82) is 0 Å². The molecule has 0 saturated heterocycles. The number of nitrogens with one attached hydrogen (secondary N) is 2. The van der Waals surface area contributed by atoms with E-state index < -0.39 is 0 Å². The zero-order valence-corrected chi connectivity index (χ0v) is 14.7. The zero-order valence-electron chi connectivity index (χ0n) is 14.7. The van der Waals surface area contributed by atoms with E-state index >= 15 is 0 Å². The summed E-state index contributed by atoms with van der Waals surface area (Å²) in [5.41, 5.74) is 1.69. The van der Waals surface area contributed by atoms with E-state index in [1.807, 2.05) is 36.4 Å². The Bertz CT molecular complexity index is 712. The van der Waals surface area contributed by atoms with Gasteiger partial charge < -0.3 is 20.3 Å². The minimum absolute atomic E-state index is 0.00980. The molecule has 0 bridgehead atoms. The van der Waals surface area contributed by atoms with Crippen molar-refractivity contribution < 1.29 is 14.4 Å². The molecule has 6 heteroatoms. The van der Waals surface area contributed by atoms with Crippen molar-refractivity contribution in [2.75, 3.05) is 11.9 Å². The van der Waals surface area contributed by atoms with Crippen LogP contribution in [0, 0.1) is 11.3 Å². The Morgan fingerprint density at radius 3 is 2.80 bits per heavy atom. The van der Waals surface area contributed by atoms with E-state index in [2.05, 4.69) is 29.6 Å². The van der Waals surface area contributed by atoms with Crippen LogP contribution in [0.1, 0.15) is 31.7 Å². The van der Waals surface area contributed by atoms with Gasteiger partial charge in [0.2, 0.25) is 0 Å². The van der Waals surface area contributed by atoms with Crippen LogP contribution in [-0.4, -0.2) is 28.9 Å². The lowest BCUT2D eigenvalue weighted by Gasteiger charge is -2.52. The van der Waals surface area contributed by atoms with Crippen LogP contribution in [0.15, 0.2) is 40.9 Å². The molecule has 3 rings (SSSR count). The fourth-order valence-electron chi connectivity index (χ4n) is 3.39. The summed E-state index contributed by atoms with van der Waals surface area (Å²) < 4.78 is 5.21. The number of para-hydroxylation sites is 1. The number of nitrogens with zero attached hydrogens (tertiary/aromatic N) is 1. The third-order valence-corrected chi connectivity index (χ3v) is 5.23. The zero-order chi connectivity index (χ0) is 17.9. The maximum absolute atomic E-state index is 12.2. The Kier molecular flexibility index (Phi) is 5.08. The third kappa shape index (κ3) is 4.02. The molecule has 3 N–H and O–H groups in total. The third-order valence-electron chi connectivity index (χ3n) is 5.23. The SMILES string of the molecule is CC1(C)[C@H](Cc2cc(CCO)on2)C[C@@H]1NC(=O)Nc1ccccc1. The smallest absolute Gasteiger partial charge is 0.319 e. The maximum atomic E-state index is 12.2. The van der Waals surface area contributed by atoms with Gasteiger partial charge in [-0.1, -0.05) is 37.2 Å². The molecule has 0 spiro atoms. The highest BCUT2D eigenvalue weighted by Gasteiger charge is 2.48. The largest absolute Gasteiger partial charge is 0.396 e. The Hall–Kier alpha value is -2.34. The molecular formula is C19H25N3O3. The molecule has 1 saturated carbocycles. The molecule has 1 fully saturated rings. The van der Waals surface area contributed by atoms with Crippen LogP contribution in [0.5, 0.6) is 0 Å². The summed E-state index contributed by atoms with van der Waals surface area (Å²) in [6.45, 7) is 4.40. The monoisotopic (exact) mass is 343 g/mol. The summed E-state index contributed by atoms with van der Waals surface area (Å²) in [7, 11) is 0. The van der Waals surface area contributed by atoms with E-state index in [1.54, 1.807) is 0 Å². The molecular weight excluding hydrogens is 318 g/mol. The lowest BCUT2D eigenvalue weighted by Crippen LogP contribution is -2.59. The van der Waals surface area contributed by atoms with Gasteiger partial charge in [-0.3, -0.25) is 0 Å². The number of urea groups is 1. The quantitative estimate of drug-likeness (QED) is 0.752. The summed E-state index contributed by atoms with van der Waals surface area (Å²) in [5.74, 6) is 1.15. The Morgan fingerprint density at radius 1 is 1.36 bits per heavy atom. The minimum atomic E-state index is -0.172. The molecule has 6 nitrogen and oxygen atoms in total. The number of rotatable bonds is 6. The second-order valence-corrected chi connectivity index (χ2v) is 7.23. The number of aliphatic hydroxyl groups is 1. The van der Waals surface area contributed by atoms with Gasteiger partial charge in [0.05, 0.1) is 12.3 Å². The number of aliphatic hydroxyl groups excluding tert-OH is 1. The molecule has 0 aliphatic heterocycles. The number of aromatic nitrogens is 1. The van der Waals surface area contributed by atoms with Crippen molar-refractivity contribution >= 4 is 11.7 Å². The van der Waals surface area contributed by atoms with Gasteiger partial charge in [-0.15, -0.1) is 0 Å². The first-order chi connectivity index (χ1) is 12.0. The molecule has 1 aliphatic carbocycles. The Labute approximate surface area is 147 Å². The van der Waals surface area contributed by atoms with Gasteiger partial charge in [-0.2, -0.15) is 0 Å². The molecule has 2 amide bonds. The number of hydrogen-bond donors (Lipinski definition) is 3. The number of carbonyl (C=O) groups excluding carboxylic acids is 1. The highest BCUT2D eigenvalue weighted by Crippen LogP contribution is 2.47. The lowest BCUT2D eigenvalue weighted by molar-refractivity contribution is 0.0211. The Balaban J connectivity index is 1.51. The van der Waals surface area contributed by atoms with Crippen LogP contribution < -0.4 is 10.6 Å². The number of amides is 2. The molecule has 134 valence electrons. The number of benzene rings is 1. The average molecular weight is 343 g/mol. The summed E-state index contributed by atoms with van der Waals surface area (Å²) in [5, 5.41) is 18.9. The van der Waals surface area contributed by atoms with Crippen LogP contribution in [0.2, 0.25) is 0 Å². The number of hydrogen-bond acceptors (Lipinski definition) is 4. The second kappa shape index (κ2) is 7.27. The fraction of sp³-hybridized carbons (Fsp3) is 0.474. The van der Waals surface area contributed by atoms with E-state index in [9.17, 15) is 4.79 Å². The second-order valence-electron chi connectivity index (χ2n) is 7.23. The van der Waals surface area contributed by atoms with Gasteiger partial charge in [-0.05, 0) is 36.3 Å². The number of anilines is 1. The number of carbonyl (C=O) groups is 1. The molecule has 0 radical (unpaired) electrons. The van der Waals surface area contributed by atoms with E-state index in [0.717, 1.165) is 24.2 Å². The predicted molar refractivity (Wildman–Crippen MR) is 95.3 cm³/mol. The van der Waals surface area contributed by atoms with Crippen LogP contribution in [0.4, 0.5) is 10.5 Å². The van der Waals surface area contributed by atoms with Gasteiger partial charge >= 0.3 is 6.03 Å². The van der Waals surface area contributed by atoms with Crippen LogP contribution in [-0.2, 0) is 12.8 Å². The van der Waals surface area contributed by atoms with Crippen molar-refractivity contribution in [2.45, 2.75) is 39.2 Å². The fourth-order valence-corrected chi connectivity index (χ4v) is 3.39. The van der Waals surface area contributed by atoms with Crippen LogP contribution in [0.25, 0.3) is 0 Å². The van der Waals surface area contributed by atoms with Crippen molar-refractivity contribution in [3.8, 4) is 0 Å². The van der Waals surface area contributed by atoms with E-state index in [0.29, 0.717) is 18.1 Å². The molecule has 0 unspecified atom stereocenters. The first-order valence-corrected chi connectivity index (χ1v) is 8.67. The van der Waals surface area contributed by atoms with E-state index in [4.69, 9.17) is 9.63 Å². The highest BCUT2D eigenvalue weighted by molar-refractivity contribution is 5.89. The van der Waals surface area contributed by atoms with E-state index in [1.165, 1.54) is 0 Å². The normalized spacial score (nSPS) is 21.4. The van der Waals surface area contributed by atoms with Gasteiger partial charge in [0.15, 0.2) is 0 Å². The van der Waals surface area contributed by atoms with Crippen molar-refractivity contribution in [3.05, 3.63) is 47.9 Å². The standard InChI is InChI=1S/C19H25N3O3/c1-19(2)13(10-15-12-16(8-9-23)25-22-15)11-17(19)21-18(24)20-14-6-4-3-5-7-14/h3-7,12-13,17,23H,8-11H2,1-2H3,(H2,20,21,24)/t13-,17+/m1/s1. The molecule has 2 aromatic rings. The average Bonchev–Trinajstić information content (AvgIpc) is 3.02. The molecule has 1 aromatic heterocycles. The van der Waals surface area contributed by atoms with Gasteiger partial charge in [0, 0.05) is 24.2 Å². The molecule has 2 atom stereocenters. The first-order valence-electron chi connectivity index (χ1n) is 8.67. The topological polar surface area (TPSA) is 87.4 Å². The summed E-state index contributed by atoms with van der Waals surface area (Å²) in [6.07, 6.45) is 2.22. The molecule has 1 aromatic carbocycles. The van der Waals surface area contributed by atoms with Gasteiger partial charge in [-0.25, -0.2) is 4.79 Å². The summed E-state index contributed by atoms with van der Waals surface area (Å²) in [6, 6.07) is 11.3. The van der Waals surface area contributed by atoms with Crippen LogP contribution >= 0.6 is 0 Å². The van der Waals surface area contributed by atoms with Gasteiger partial charge in [0.25, 0.3) is 0 Å². The van der Waals surface area contributed by atoms with Crippen molar-refractivity contribution in [1.82, 2.24) is 10.5 Å². The van der Waals surface area contributed by atoms with Crippen LogP contribution in [0.3, 0.4) is 0 Å². The summed E-state index contributed by atoms with van der Waals surface area (Å²) in [4.78, 5) is 12.2. The minimum Gasteiger partial charge on any atom is -0.396 e. The molecule has 1 heterocycles. The Morgan fingerprint density at radius 2 is 2.12 bits per heavy atom. The summed E-state index contributed by atoms with van der Waals surface area (Å²) >= 11 is 0. The lowest BCUT2D eigenvalue weighted by atomic mass is 9.57. The highest BCUT2D eigenvalue weighted by atomic mass is 16.5. The molecule has 1 aliphatic rings.